The predicted molar refractivity (Wildman–Crippen MR) is 55.0 cm³/mol. The first-order chi connectivity index (χ1) is 6.27. The van der Waals surface area contributed by atoms with E-state index < -0.39 is 0 Å². The Morgan fingerprint density at radius 3 is 3.00 bits per heavy atom. The van der Waals surface area contributed by atoms with Crippen molar-refractivity contribution in [2.75, 3.05) is 20.3 Å². The maximum absolute atomic E-state index is 5.16. The van der Waals surface area contributed by atoms with Crippen molar-refractivity contribution in [2.24, 2.45) is 5.10 Å². The summed E-state index contributed by atoms with van der Waals surface area (Å²) in [5.41, 5.74) is 1.21. The van der Waals surface area contributed by atoms with Gasteiger partial charge in [0.2, 0.25) is 0 Å². The summed E-state index contributed by atoms with van der Waals surface area (Å²) >= 11 is 0. The number of ether oxygens (including phenoxy) is 1. The Balaban J connectivity index is 2.48. The van der Waals surface area contributed by atoms with Crippen molar-refractivity contribution in [1.82, 2.24) is 5.01 Å². The van der Waals surface area contributed by atoms with Crippen LogP contribution in [0.3, 0.4) is 0 Å². The Morgan fingerprint density at radius 2 is 2.38 bits per heavy atom. The summed E-state index contributed by atoms with van der Waals surface area (Å²) in [6.07, 6.45) is 3.50. The van der Waals surface area contributed by atoms with Gasteiger partial charge in [0, 0.05) is 19.4 Å². The molecule has 0 bridgehead atoms. The van der Waals surface area contributed by atoms with Crippen molar-refractivity contribution in [1.29, 1.82) is 0 Å². The molecule has 1 saturated heterocycles. The topological polar surface area (TPSA) is 24.8 Å². The average Bonchev–Trinajstić information content (AvgIpc) is 2.54. The first-order valence-electron chi connectivity index (χ1n) is 5.07. The lowest BCUT2D eigenvalue weighted by Crippen LogP contribution is -2.29. The molecule has 0 aliphatic carbocycles. The molecular formula is C10H20N2O. The van der Waals surface area contributed by atoms with Gasteiger partial charge in [-0.3, -0.25) is 5.01 Å². The first kappa shape index (κ1) is 10.5. The second kappa shape index (κ2) is 5.22. The maximum atomic E-state index is 5.16. The lowest BCUT2D eigenvalue weighted by atomic mass is 10.2. The van der Waals surface area contributed by atoms with E-state index in [-0.39, 0.29) is 0 Å². The van der Waals surface area contributed by atoms with Gasteiger partial charge < -0.3 is 4.74 Å². The first-order valence-corrected chi connectivity index (χ1v) is 5.07. The van der Waals surface area contributed by atoms with Crippen molar-refractivity contribution >= 4 is 5.71 Å². The molecule has 0 saturated carbocycles. The van der Waals surface area contributed by atoms with E-state index in [2.05, 4.69) is 24.0 Å². The van der Waals surface area contributed by atoms with Gasteiger partial charge in [-0.05, 0) is 26.2 Å². The van der Waals surface area contributed by atoms with E-state index >= 15 is 0 Å². The number of hydrogen-bond donors (Lipinski definition) is 0. The second-order valence-corrected chi connectivity index (χ2v) is 3.60. The van der Waals surface area contributed by atoms with Gasteiger partial charge in [-0.15, -0.1) is 0 Å². The number of hydrogen-bond acceptors (Lipinski definition) is 3. The minimum Gasteiger partial charge on any atom is -0.382 e. The van der Waals surface area contributed by atoms with E-state index in [1.807, 2.05) is 0 Å². The van der Waals surface area contributed by atoms with Crippen LogP contribution in [0.15, 0.2) is 5.10 Å². The molecule has 0 aromatic carbocycles. The molecule has 1 heterocycles. The Bertz CT molecular complexity index is 180. The van der Waals surface area contributed by atoms with Crippen molar-refractivity contribution in [3.8, 4) is 0 Å². The summed E-state index contributed by atoms with van der Waals surface area (Å²) < 4.78 is 5.16. The van der Waals surface area contributed by atoms with Crippen LogP contribution in [0.4, 0.5) is 0 Å². The zero-order chi connectivity index (χ0) is 9.68. The van der Waals surface area contributed by atoms with Gasteiger partial charge >= 0.3 is 0 Å². The third-order valence-corrected chi connectivity index (χ3v) is 2.52. The van der Waals surface area contributed by atoms with Crippen molar-refractivity contribution < 1.29 is 4.74 Å². The highest BCUT2D eigenvalue weighted by atomic mass is 16.5. The molecule has 1 aliphatic rings. The molecule has 1 aliphatic heterocycles. The lowest BCUT2D eigenvalue weighted by molar-refractivity contribution is 0.118. The molecule has 0 aromatic rings. The van der Waals surface area contributed by atoms with Gasteiger partial charge in [-0.1, -0.05) is 6.92 Å². The largest absolute Gasteiger partial charge is 0.382 e. The van der Waals surface area contributed by atoms with E-state index in [1.54, 1.807) is 7.11 Å². The zero-order valence-electron chi connectivity index (χ0n) is 8.92. The predicted octanol–water partition coefficient (Wildman–Crippen LogP) is 1.88. The van der Waals surface area contributed by atoms with Crippen molar-refractivity contribution in [2.45, 2.75) is 39.2 Å². The molecule has 13 heavy (non-hydrogen) atoms. The molecule has 0 unspecified atom stereocenters. The molecule has 1 atom stereocenters. The minimum atomic E-state index is 0.506. The van der Waals surface area contributed by atoms with Gasteiger partial charge in [-0.2, -0.15) is 5.10 Å². The Hall–Kier alpha value is -0.570. The SMILES string of the molecule is CC/C(C)=N/N1CCC[C@H]1COC. The molecule has 0 spiro atoms. The average molecular weight is 184 g/mol. The number of methoxy groups -OCH3 is 1. The fraction of sp³-hybridized carbons (Fsp3) is 0.900. The number of rotatable bonds is 4. The van der Waals surface area contributed by atoms with E-state index in [0.717, 1.165) is 19.6 Å². The molecule has 0 aromatic heterocycles. The Kier molecular flexibility index (Phi) is 4.22. The highest BCUT2D eigenvalue weighted by Gasteiger charge is 2.22. The highest BCUT2D eigenvalue weighted by Crippen LogP contribution is 2.17. The van der Waals surface area contributed by atoms with Gasteiger partial charge in [0.05, 0.1) is 12.6 Å². The smallest absolute Gasteiger partial charge is 0.0704 e. The molecule has 76 valence electrons. The molecule has 1 rings (SSSR count). The molecule has 0 amide bonds. The number of hydrazone groups is 1. The molecule has 0 radical (unpaired) electrons. The second-order valence-electron chi connectivity index (χ2n) is 3.60. The third kappa shape index (κ3) is 2.99. The molecule has 3 heteroatoms. The van der Waals surface area contributed by atoms with Crippen LogP contribution >= 0.6 is 0 Å². The summed E-state index contributed by atoms with van der Waals surface area (Å²) in [5, 5.41) is 6.75. The minimum absolute atomic E-state index is 0.506. The molecule has 1 fully saturated rings. The van der Waals surface area contributed by atoms with Gasteiger partial charge in [-0.25, -0.2) is 0 Å². The Labute approximate surface area is 80.8 Å². The van der Waals surface area contributed by atoms with Crippen LogP contribution in [-0.2, 0) is 4.74 Å². The zero-order valence-corrected chi connectivity index (χ0v) is 8.92. The van der Waals surface area contributed by atoms with E-state index in [9.17, 15) is 0 Å². The van der Waals surface area contributed by atoms with Crippen LogP contribution in [0.5, 0.6) is 0 Å². The quantitative estimate of drug-likeness (QED) is 0.623. The van der Waals surface area contributed by atoms with Crippen LogP contribution in [0.2, 0.25) is 0 Å². The van der Waals surface area contributed by atoms with E-state index in [1.165, 1.54) is 18.6 Å². The summed E-state index contributed by atoms with van der Waals surface area (Å²) in [6, 6.07) is 0.506. The van der Waals surface area contributed by atoms with E-state index in [0.29, 0.717) is 6.04 Å². The Morgan fingerprint density at radius 1 is 1.62 bits per heavy atom. The van der Waals surface area contributed by atoms with Crippen LogP contribution < -0.4 is 0 Å². The maximum Gasteiger partial charge on any atom is 0.0704 e. The molecular weight excluding hydrogens is 164 g/mol. The third-order valence-electron chi connectivity index (χ3n) is 2.52. The molecule has 0 N–H and O–H groups in total. The summed E-state index contributed by atoms with van der Waals surface area (Å²) in [7, 11) is 1.76. The van der Waals surface area contributed by atoms with Crippen LogP contribution in [-0.4, -0.2) is 37.0 Å². The fourth-order valence-electron chi connectivity index (χ4n) is 1.60. The van der Waals surface area contributed by atoms with E-state index in [4.69, 9.17) is 4.74 Å². The van der Waals surface area contributed by atoms with Crippen LogP contribution in [0, 0.1) is 0 Å². The van der Waals surface area contributed by atoms with Gasteiger partial charge in [0.25, 0.3) is 0 Å². The van der Waals surface area contributed by atoms with Crippen LogP contribution in [0.1, 0.15) is 33.1 Å². The lowest BCUT2D eigenvalue weighted by Gasteiger charge is -2.21. The summed E-state index contributed by atoms with van der Waals surface area (Å²) in [5.74, 6) is 0. The van der Waals surface area contributed by atoms with Gasteiger partial charge in [0.1, 0.15) is 0 Å². The standard InChI is InChI=1S/C10H20N2O/c1-4-9(2)11-12-7-5-6-10(12)8-13-3/h10H,4-8H2,1-3H3/b11-9+/t10-/m0/s1. The van der Waals surface area contributed by atoms with Crippen molar-refractivity contribution in [3.05, 3.63) is 0 Å². The fourth-order valence-corrected chi connectivity index (χ4v) is 1.60. The highest BCUT2D eigenvalue weighted by molar-refractivity contribution is 5.81. The summed E-state index contributed by atoms with van der Waals surface area (Å²) in [6.45, 7) is 6.12. The summed E-state index contributed by atoms with van der Waals surface area (Å²) in [4.78, 5) is 0. The van der Waals surface area contributed by atoms with Crippen LogP contribution in [0.25, 0.3) is 0 Å². The molecule has 3 nitrogen and oxygen atoms in total. The van der Waals surface area contributed by atoms with Crippen molar-refractivity contribution in [3.63, 3.8) is 0 Å². The normalized spacial score (nSPS) is 24.1. The van der Waals surface area contributed by atoms with Gasteiger partial charge in [0.15, 0.2) is 0 Å². The monoisotopic (exact) mass is 184 g/mol. The number of nitrogens with zero attached hydrogens (tertiary/aromatic N) is 2.